The first-order chi connectivity index (χ1) is 12.6. The number of rotatable bonds is 5. The Hall–Kier alpha value is -1.81. The van der Waals surface area contributed by atoms with E-state index in [0.29, 0.717) is 11.1 Å². The molecule has 0 radical (unpaired) electrons. The highest BCUT2D eigenvalue weighted by Gasteiger charge is 2.38. The second-order valence-electron chi connectivity index (χ2n) is 7.24. The zero-order chi connectivity index (χ0) is 21.6. The molecule has 0 saturated carbocycles. The third-order valence-corrected chi connectivity index (χ3v) is 5.52. The van der Waals surface area contributed by atoms with Crippen molar-refractivity contribution in [3.8, 4) is 5.69 Å². The fraction of sp³-hybridized carbons (Fsp3) is 0.529. The number of anilines is 1. The Morgan fingerprint density at radius 1 is 1.07 bits per heavy atom. The van der Waals surface area contributed by atoms with Crippen molar-refractivity contribution in [2.45, 2.75) is 50.6 Å². The van der Waals surface area contributed by atoms with Gasteiger partial charge in [-0.25, -0.2) is 8.42 Å². The summed E-state index contributed by atoms with van der Waals surface area (Å²) in [6, 6.07) is 2.93. The van der Waals surface area contributed by atoms with E-state index in [-0.39, 0.29) is 28.4 Å². The molecule has 1 aromatic carbocycles. The Balaban J connectivity index is 2.94. The molecule has 11 heteroatoms. The quantitative estimate of drug-likeness (QED) is 0.642. The molecule has 0 unspecified atom stereocenters. The van der Waals surface area contributed by atoms with Crippen molar-refractivity contribution in [1.82, 2.24) is 14.8 Å². The highest BCUT2D eigenvalue weighted by atomic mass is 35.7. The number of benzene rings is 1. The molecule has 0 fully saturated rings. The van der Waals surface area contributed by atoms with E-state index >= 15 is 0 Å². The van der Waals surface area contributed by atoms with Crippen molar-refractivity contribution in [2.24, 2.45) is 0 Å². The molecule has 0 spiro atoms. The zero-order valence-electron chi connectivity index (χ0n) is 16.3. The van der Waals surface area contributed by atoms with E-state index in [9.17, 15) is 21.6 Å². The van der Waals surface area contributed by atoms with Gasteiger partial charge in [0.05, 0.1) is 10.6 Å². The van der Waals surface area contributed by atoms with Gasteiger partial charge < -0.3 is 4.90 Å². The molecule has 2 aromatic rings. The van der Waals surface area contributed by atoms with Crippen LogP contribution in [0.5, 0.6) is 0 Å². The number of hydrogen-bond donors (Lipinski definition) is 0. The van der Waals surface area contributed by atoms with Crippen LogP contribution in [0.25, 0.3) is 5.69 Å². The van der Waals surface area contributed by atoms with Crippen LogP contribution in [0.4, 0.5) is 19.1 Å². The molecule has 0 saturated heterocycles. The van der Waals surface area contributed by atoms with Gasteiger partial charge in [0, 0.05) is 24.8 Å². The summed E-state index contributed by atoms with van der Waals surface area (Å²) in [5, 5.41) is 3.61. The molecule has 0 N–H and O–H groups in total. The largest absolute Gasteiger partial charge is 0.453 e. The Bertz CT molecular complexity index is 983. The van der Waals surface area contributed by atoms with Gasteiger partial charge in [0.25, 0.3) is 14.9 Å². The summed E-state index contributed by atoms with van der Waals surface area (Å²) in [6.45, 7) is 7.34. The van der Waals surface area contributed by atoms with Gasteiger partial charge in [-0.05, 0) is 29.0 Å². The van der Waals surface area contributed by atoms with Crippen LogP contribution in [0.3, 0.4) is 0 Å². The molecule has 28 heavy (non-hydrogen) atoms. The molecule has 0 aliphatic carbocycles. The number of nitrogens with zero attached hydrogens (tertiary/aromatic N) is 4. The maximum Gasteiger partial charge on any atom is 0.453 e. The lowest BCUT2D eigenvalue weighted by Gasteiger charge is -2.21. The summed E-state index contributed by atoms with van der Waals surface area (Å²) in [7, 11) is 4.53. The number of hydrogen-bond acceptors (Lipinski definition) is 5. The van der Waals surface area contributed by atoms with Crippen molar-refractivity contribution in [3.05, 3.63) is 29.1 Å². The topological polar surface area (TPSA) is 68.1 Å². The van der Waals surface area contributed by atoms with Crippen LogP contribution in [-0.2, 0) is 15.2 Å². The fourth-order valence-electron chi connectivity index (χ4n) is 2.79. The molecule has 0 aliphatic heterocycles. The van der Waals surface area contributed by atoms with Crippen molar-refractivity contribution >= 4 is 25.7 Å². The maximum atomic E-state index is 13.2. The van der Waals surface area contributed by atoms with Crippen molar-refractivity contribution < 1.29 is 21.6 Å². The van der Waals surface area contributed by atoms with Gasteiger partial charge in [-0.1, -0.05) is 33.8 Å². The van der Waals surface area contributed by atoms with Crippen LogP contribution in [0.15, 0.2) is 17.0 Å². The van der Waals surface area contributed by atoms with Gasteiger partial charge in [0.15, 0.2) is 0 Å². The minimum atomic E-state index is -4.74. The lowest BCUT2D eigenvalue weighted by atomic mass is 9.94. The van der Waals surface area contributed by atoms with Gasteiger partial charge in [0.2, 0.25) is 5.95 Å². The van der Waals surface area contributed by atoms with Crippen LogP contribution < -0.4 is 4.90 Å². The van der Waals surface area contributed by atoms with Gasteiger partial charge in [-0.2, -0.15) is 22.8 Å². The Kier molecular flexibility index (Phi) is 6.06. The summed E-state index contributed by atoms with van der Waals surface area (Å²) in [6.07, 6.45) is -4.74. The van der Waals surface area contributed by atoms with Gasteiger partial charge >= 0.3 is 6.18 Å². The van der Waals surface area contributed by atoms with E-state index in [4.69, 9.17) is 10.7 Å². The molecular weight excluding hydrogens is 417 g/mol. The van der Waals surface area contributed by atoms with E-state index in [1.54, 1.807) is 6.07 Å². The molecule has 156 valence electrons. The fourth-order valence-corrected chi connectivity index (χ4v) is 4.02. The van der Waals surface area contributed by atoms with E-state index in [0.717, 1.165) is 4.68 Å². The van der Waals surface area contributed by atoms with Gasteiger partial charge in [-0.3, -0.25) is 0 Å². The third kappa shape index (κ3) is 4.43. The van der Waals surface area contributed by atoms with Crippen LogP contribution in [0.1, 0.15) is 56.5 Å². The number of aromatic nitrogens is 3. The lowest BCUT2D eigenvalue weighted by molar-refractivity contribution is -0.144. The van der Waals surface area contributed by atoms with Crippen molar-refractivity contribution in [3.63, 3.8) is 0 Å². The monoisotopic (exact) mass is 438 g/mol. The molecular formula is C17H22ClF3N4O2S. The van der Waals surface area contributed by atoms with E-state index < -0.39 is 21.1 Å². The Labute approximate surface area is 166 Å². The van der Waals surface area contributed by atoms with Crippen molar-refractivity contribution in [1.29, 1.82) is 0 Å². The minimum Gasteiger partial charge on any atom is -0.347 e. The Morgan fingerprint density at radius 3 is 2.00 bits per heavy atom. The Morgan fingerprint density at radius 2 is 1.61 bits per heavy atom. The zero-order valence-corrected chi connectivity index (χ0v) is 17.9. The summed E-state index contributed by atoms with van der Waals surface area (Å²) in [4.78, 5) is 4.79. The predicted molar refractivity (Wildman–Crippen MR) is 102 cm³/mol. The van der Waals surface area contributed by atoms with Crippen LogP contribution in [-0.4, -0.2) is 37.3 Å². The third-order valence-electron chi connectivity index (χ3n) is 4.14. The van der Waals surface area contributed by atoms with Crippen molar-refractivity contribution in [2.75, 3.05) is 19.0 Å². The lowest BCUT2D eigenvalue weighted by Crippen LogP contribution is -2.17. The first-order valence-corrected chi connectivity index (χ1v) is 10.8. The highest BCUT2D eigenvalue weighted by Crippen LogP contribution is 2.36. The molecule has 2 rings (SSSR count). The molecule has 1 heterocycles. The molecule has 0 aliphatic rings. The summed E-state index contributed by atoms with van der Waals surface area (Å²) < 4.78 is 64.8. The second kappa shape index (κ2) is 7.55. The van der Waals surface area contributed by atoms with Gasteiger partial charge in [-0.15, -0.1) is 5.10 Å². The summed E-state index contributed by atoms with van der Waals surface area (Å²) in [5.41, 5.74) is 1.31. The first-order valence-electron chi connectivity index (χ1n) is 8.49. The van der Waals surface area contributed by atoms with E-state index in [1.165, 1.54) is 25.1 Å². The highest BCUT2D eigenvalue weighted by molar-refractivity contribution is 8.13. The summed E-state index contributed by atoms with van der Waals surface area (Å²) >= 11 is 0. The second-order valence-corrected chi connectivity index (χ2v) is 9.77. The molecule has 0 bridgehead atoms. The predicted octanol–water partition coefficient (Wildman–Crippen LogP) is 4.53. The van der Waals surface area contributed by atoms with Crippen LogP contribution in [0, 0.1) is 0 Å². The van der Waals surface area contributed by atoms with Gasteiger partial charge in [0.1, 0.15) is 0 Å². The number of alkyl halides is 3. The molecule has 1 aromatic heterocycles. The summed E-state index contributed by atoms with van der Waals surface area (Å²) in [5.74, 6) is -1.67. The minimum absolute atomic E-state index is 0.0792. The normalized spacial score (nSPS) is 12.9. The van der Waals surface area contributed by atoms with E-state index in [2.05, 4.69) is 10.1 Å². The molecule has 6 nitrogen and oxygen atoms in total. The molecule has 0 amide bonds. The smallest absolute Gasteiger partial charge is 0.347 e. The molecule has 0 atom stereocenters. The van der Waals surface area contributed by atoms with Crippen LogP contribution >= 0.6 is 10.7 Å². The van der Waals surface area contributed by atoms with E-state index in [1.807, 2.05) is 27.7 Å². The first kappa shape index (κ1) is 22.5. The SMILES string of the molecule is CC(C)c1cc(C(C)C)c(S(=O)(=O)Cl)cc1-n1nc(C(F)(F)F)nc1N(C)C. The number of halogens is 4. The van der Waals surface area contributed by atoms with Crippen LogP contribution in [0.2, 0.25) is 0 Å². The average molecular weight is 439 g/mol. The average Bonchev–Trinajstić information content (AvgIpc) is 2.98. The maximum absolute atomic E-state index is 13.2. The standard InChI is InChI=1S/C17H22ClF3N4O2S/c1-9(2)11-7-12(10(3)4)14(28(18,26)27)8-13(11)25-16(24(5)6)22-15(23-25)17(19,20)21/h7-10H,1-6H3.